The van der Waals surface area contributed by atoms with Crippen LogP contribution in [0.25, 0.3) is 0 Å². The average molecular weight is 319 g/mol. The summed E-state index contributed by atoms with van der Waals surface area (Å²) < 4.78 is 0. The van der Waals surface area contributed by atoms with E-state index >= 15 is 0 Å². The van der Waals surface area contributed by atoms with Gasteiger partial charge in [-0.15, -0.1) is 0 Å². The first-order chi connectivity index (χ1) is 10.8. The summed E-state index contributed by atoms with van der Waals surface area (Å²) in [5.74, 6) is 1.86. The largest absolute Gasteiger partial charge is 0.350 e. The molecule has 0 spiro atoms. The molecule has 6 nitrogen and oxygen atoms in total. The van der Waals surface area contributed by atoms with Crippen molar-refractivity contribution in [2.75, 3.05) is 39.0 Å². The molecule has 1 saturated heterocycles. The summed E-state index contributed by atoms with van der Waals surface area (Å²) in [6.45, 7) is 10.7. The van der Waals surface area contributed by atoms with Crippen molar-refractivity contribution in [3.8, 4) is 0 Å². The van der Waals surface area contributed by atoms with Gasteiger partial charge in [0, 0.05) is 44.6 Å². The molecule has 2 heterocycles. The lowest BCUT2D eigenvalue weighted by molar-refractivity contribution is -0.129. The molecule has 1 aliphatic rings. The molecule has 0 bridgehead atoms. The van der Waals surface area contributed by atoms with Crippen molar-refractivity contribution in [1.82, 2.24) is 19.8 Å². The number of aryl methyl sites for hydroxylation is 2. The van der Waals surface area contributed by atoms with E-state index in [0.717, 1.165) is 24.5 Å². The van der Waals surface area contributed by atoms with Crippen molar-refractivity contribution < 1.29 is 4.79 Å². The third kappa shape index (κ3) is 4.64. The van der Waals surface area contributed by atoms with Gasteiger partial charge in [0.05, 0.1) is 6.54 Å². The van der Waals surface area contributed by atoms with Crippen LogP contribution in [0, 0.1) is 25.7 Å². The number of hydrogen-bond acceptors (Lipinski definition) is 5. The van der Waals surface area contributed by atoms with E-state index in [4.69, 9.17) is 0 Å². The molecule has 1 N–H and O–H groups in total. The number of amides is 1. The highest BCUT2D eigenvalue weighted by molar-refractivity contribution is 5.77. The van der Waals surface area contributed by atoms with E-state index in [2.05, 4.69) is 34.0 Å². The Hall–Kier alpha value is -1.69. The highest BCUT2D eigenvalue weighted by atomic mass is 16.2. The fraction of sp³-hybridized carbons (Fsp3) is 0.706. The number of nitrogens with one attached hydrogen (secondary N) is 1. The van der Waals surface area contributed by atoms with E-state index in [-0.39, 0.29) is 11.9 Å². The lowest BCUT2D eigenvalue weighted by Gasteiger charge is -2.23. The fourth-order valence-electron chi connectivity index (χ4n) is 3.16. The van der Waals surface area contributed by atoms with Gasteiger partial charge in [-0.3, -0.25) is 9.69 Å². The van der Waals surface area contributed by atoms with Gasteiger partial charge in [-0.2, -0.15) is 0 Å². The summed E-state index contributed by atoms with van der Waals surface area (Å²) in [4.78, 5) is 24.8. The molecule has 6 heteroatoms. The minimum absolute atomic E-state index is 0.149. The van der Waals surface area contributed by atoms with Gasteiger partial charge < -0.3 is 10.2 Å². The van der Waals surface area contributed by atoms with Crippen LogP contribution in [0.3, 0.4) is 0 Å². The Labute approximate surface area is 139 Å². The molecule has 128 valence electrons. The molecule has 23 heavy (non-hydrogen) atoms. The first-order valence-corrected chi connectivity index (χ1v) is 8.27. The molecule has 0 saturated carbocycles. The molecule has 1 amide bonds. The van der Waals surface area contributed by atoms with E-state index in [1.807, 2.05) is 19.9 Å². The third-order valence-corrected chi connectivity index (χ3v) is 4.45. The minimum Gasteiger partial charge on any atom is -0.350 e. The predicted octanol–water partition coefficient (Wildman–Crippen LogP) is 1.55. The monoisotopic (exact) mass is 319 g/mol. The van der Waals surface area contributed by atoms with E-state index < -0.39 is 0 Å². The average Bonchev–Trinajstić information content (AvgIpc) is 2.80. The molecule has 1 aliphatic heterocycles. The van der Waals surface area contributed by atoms with Crippen LogP contribution in [0.2, 0.25) is 0 Å². The minimum atomic E-state index is 0.149. The Morgan fingerprint density at radius 1 is 1.30 bits per heavy atom. The van der Waals surface area contributed by atoms with Gasteiger partial charge in [0.1, 0.15) is 0 Å². The molecule has 2 rings (SSSR count). The molecule has 1 fully saturated rings. The molecule has 0 aliphatic carbocycles. The van der Waals surface area contributed by atoms with Gasteiger partial charge in [0.2, 0.25) is 11.9 Å². The van der Waals surface area contributed by atoms with Crippen LogP contribution in [-0.2, 0) is 4.79 Å². The summed E-state index contributed by atoms with van der Waals surface area (Å²) >= 11 is 0. The summed E-state index contributed by atoms with van der Waals surface area (Å²) in [6, 6.07) is 2.24. The van der Waals surface area contributed by atoms with Crippen molar-refractivity contribution >= 4 is 11.9 Å². The quantitative estimate of drug-likeness (QED) is 0.892. The second-order valence-corrected chi connectivity index (χ2v) is 7.12. The molecule has 0 aromatic carbocycles. The topological polar surface area (TPSA) is 61.4 Å². The van der Waals surface area contributed by atoms with E-state index in [1.165, 1.54) is 0 Å². The first-order valence-electron chi connectivity index (χ1n) is 8.27. The number of likely N-dealkylation sites (N-methyl/N-ethyl adjacent to an activating group) is 1. The molecule has 1 aromatic heterocycles. The number of aromatic nitrogens is 2. The molecule has 1 aromatic rings. The van der Waals surface area contributed by atoms with Crippen LogP contribution >= 0.6 is 0 Å². The van der Waals surface area contributed by atoms with Crippen LogP contribution in [0.15, 0.2) is 6.07 Å². The number of likely N-dealkylation sites (tertiary alicyclic amines) is 1. The van der Waals surface area contributed by atoms with Crippen LogP contribution < -0.4 is 5.32 Å². The number of nitrogens with zero attached hydrogens (tertiary/aromatic N) is 4. The third-order valence-electron chi connectivity index (χ3n) is 4.45. The number of anilines is 1. The Bertz CT molecular complexity index is 538. The van der Waals surface area contributed by atoms with E-state index in [9.17, 15) is 4.79 Å². The summed E-state index contributed by atoms with van der Waals surface area (Å²) in [7, 11) is 3.61. The lowest BCUT2D eigenvalue weighted by Crippen LogP contribution is -2.36. The first kappa shape index (κ1) is 17.7. The number of hydrogen-bond donors (Lipinski definition) is 1. The maximum atomic E-state index is 12.0. The van der Waals surface area contributed by atoms with Gasteiger partial charge in [-0.1, -0.05) is 13.8 Å². The maximum Gasteiger partial charge on any atom is 0.236 e. The number of rotatable bonds is 5. The number of carbonyl (C=O) groups is 1. The van der Waals surface area contributed by atoms with Gasteiger partial charge in [0.15, 0.2) is 0 Å². The fourth-order valence-corrected chi connectivity index (χ4v) is 3.16. The van der Waals surface area contributed by atoms with Crippen LogP contribution in [0.5, 0.6) is 0 Å². The Balaban J connectivity index is 2.08. The van der Waals surface area contributed by atoms with Crippen LogP contribution in [0.1, 0.15) is 25.2 Å². The van der Waals surface area contributed by atoms with Crippen molar-refractivity contribution in [2.24, 2.45) is 11.8 Å². The van der Waals surface area contributed by atoms with Crippen molar-refractivity contribution in [2.45, 2.75) is 33.7 Å². The highest BCUT2D eigenvalue weighted by Gasteiger charge is 2.35. The number of carbonyl (C=O) groups excluding carboxylic acids is 1. The zero-order chi connectivity index (χ0) is 17.1. The van der Waals surface area contributed by atoms with Gasteiger partial charge in [0.25, 0.3) is 0 Å². The smallest absolute Gasteiger partial charge is 0.236 e. The van der Waals surface area contributed by atoms with E-state index in [0.29, 0.717) is 24.3 Å². The normalized spacial score (nSPS) is 21.7. The van der Waals surface area contributed by atoms with Gasteiger partial charge >= 0.3 is 0 Å². The molecule has 0 unspecified atom stereocenters. The highest BCUT2D eigenvalue weighted by Crippen LogP contribution is 2.26. The Morgan fingerprint density at radius 3 is 2.43 bits per heavy atom. The zero-order valence-corrected chi connectivity index (χ0v) is 15.1. The van der Waals surface area contributed by atoms with Gasteiger partial charge in [-0.25, -0.2) is 9.97 Å². The van der Waals surface area contributed by atoms with Crippen LogP contribution in [-0.4, -0.2) is 65.4 Å². The zero-order valence-electron chi connectivity index (χ0n) is 15.1. The standard InChI is InChI=1S/C17H29N5O/c1-11(2)14-8-22(10-16(23)21(5)6)9-15(14)20-17-18-12(3)7-13(4)19-17/h7,11,14-15H,8-10H2,1-6H3,(H,18,19,20)/t14-,15+/m1/s1. The second kappa shape index (κ2) is 7.25. The molecular formula is C17H29N5O. The Kier molecular flexibility index (Phi) is 5.57. The second-order valence-electron chi connectivity index (χ2n) is 7.12. The van der Waals surface area contributed by atoms with Crippen molar-refractivity contribution in [3.63, 3.8) is 0 Å². The summed E-state index contributed by atoms with van der Waals surface area (Å²) in [6.07, 6.45) is 0. The summed E-state index contributed by atoms with van der Waals surface area (Å²) in [5, 5.41) is 3.50. The lowest BCUT2D eigenvalue weighted by atomic mass is 9.91. The molecule has 0 radical (unpaired) electrons. The van der Waals surface area contributed by atoms with E-state index in [1.54, 1.807) is 19.0 Å². The predicted molar refractivity (Wildman–Crippen MR) is 92.4 cm³/mol. The maximum absolute atomic E-state index is 12.0. The molecule has 2 atom stereocenters. The SMILES string of the molecule is Cc1cc(C)nc(N[C@H]2CN(CC(=O)N(C)C)C[C@@H]2C(C)C)n1. The molecular weight excluding hydrogens is 290 g/mol. The van der Waals surface area contributed by atoms with Crippen molar-refractivity contribution in [3.05, 3.63) is 17.5 Å². The van der Waals surface area contributed by atoms with Crippen molar-refractivity contribution in [1.29, 1.82) is 0 Å². The Morgan fingerprint density at radius 2 is 1.91 bits per heavy atom. The van der Waals surface area contributed by atoms with Gasteiger partial charge in [-0.05, 0) is 31.7 Å². The summed E-state index contributed by atoms with van der Waals surface area (Å²) in [5.41, 5.74) is 1.94. The van der Waals surface area contributed by atoms with Crippen LogP contribution in [0.4, 0.5) is 5.95 Å².